The molecule has 1 amide bonds. The lowest BCUT2D eigenvalue weighted by Crippen LogP contribution is -2.23. The highest BCUT2D eigenvalue weighted by molar-refractivity contribution is 5.67. The Balaban J connectivity index is 1.25. The lowest BCUT2D eigenvalue weighted by molar-refractivity contribution is 0.116. The quantitative estimate of drug-likeness (QED) is 0.370. The summed E-state index contributed by atoms with van der Waals surface area (Å²) in [6, 6.07) is 17.1. The number of carbonyl (C=O) groups excluding carboxylic acids is 1. The second-order valence-electron chi connectivity index (χ2n) is 7.13. The van der Waals surface area contributed by atoms with Gasteiger partial charge in [0.05, 0.1) is 5.56 Å². The van der Waals surface area contributed by atoms with Gasteiger partial charge < -0.3 is 19.8 Å². The van der Waals surface area contributed by atoms with E-state index in [4.69, 9.17) is 9.15 Å². The van der Waals surface area contributed by atoms with Crippen molar-refractivity contribution in [2.75, 3.05) is 5.32 Å². The molecule has 0 radical (unpaired) electrons. The largest absolute Gasteiger partial charge is 0.445 e. The number of nitrogens with one attached hydrogen (secondary N) is 2. The molecule has 4 rings (SSSR count). The van der Waals surface area contributed by atoms with Crippen molar-refractivity contribution < 1.29 is 22.7 Å². The number of rotatable bonds is 9. The van der Waals surface area contributed by atoms with Crippen LogP contribution in [0.15, 0.2) is 71.4 Å². The van der Waals surface area contributed by atoms with Crippen LogP contribution in [0.4, 0.5) is 19.5 Å². The monoisotopic (exact) mass is 466 g/mol. The standard InChI is InChI=1S/C23H20F2N6O3/c24-19(25)21-31-30-20(34-21)18-12-27-22(28-13-18)26-10-16-7-4-8-17(9-16)11-29-23(32)33-14-15-5-2-1-3-6-15/h1-9,12-13,19H,10-11,14H2,(H,29,32)(H,26,27,28). The van der Waals surface area contributed by atoms with Gasteiger partial charge in [-0.05, 0) is 16.7 Å². The van der Waals surface area contributed by atoms with Crippen molar-refractivity contribution >= 4 is 12.0 Å². The van der Waals surface area contributed by atoms with Crippen molar-refractivity contribution in [3.05, 3.63) is 89.6 Å². The molecule has 0 aliphatic rings. The van der Waals surface area contributed by atoms with Crippen LogP contribution >= 0.6 is 0 Å². The molecule has 0 fully saturated rings. The van der Waals surface area contributed by atoms with Crippen molar-refractivity contribution in [1.29, 1.82) is 0 Å². The van der Waals surface area contributed by atoms with Gasteiger partial charge in [-0.1, -0.05) is 54.6 Å². The van der Waals surface area contributed by atoms with Crippen molar-refractivity contribution in [3.8, 4) is 11.5 Å². The summed E-state index contributed by atoms with van der Waals surface area (Å²) in [5.41, 5.74) is 3.09. The molecule has 2 aromatic carbocycles. The Bertz CT molecular complexity index is 1220. The van der Waals surface area contributed by atoms with E-state index in [0.717, 1.165) is 16.7 Å². The van der Waals surface area contributed by atoms with E-state index in [1.807, 2.05) is 54.6 Å². The highest BCUT2D eigenvalue weighted by Crippen LogP contribution is 2.22. The third kappa shape index (κ3) is 6.31. The minimum absolute atomic E-state index is 0.0793. The Morgan fingerprint density at radius 3 is 2.35 bits per heavy atom. The van der Waals surface area contributed by atoms with Crippen LogP contribution in [0.5, 0.6) is 0 Å². The van der Waals surface area contributed by atoms with Crippen LogP contribution in [0.3, 0.4) is 0 Å². The first-order valence-electron chi connectivity index (χ1n) is 10.3. The second kappa shape index (κ2) is 10.9. The average Bonchev–Trinajstić information content (AvgIpc) is 3.37. The number of nitrogens with zero attached hydrogens (tertiary/aromatic N) is 4. The number of alkyl halides is 2. The maximum Gasteiger partial charge on any atom is 0.407 e. The molecule has 2 heterocycles. The number of anilines is 1. The first kappa shape index (κ1) is 22.8. The number of ether oxygens (including phenoxy) is 1. The molecule has 11 heteroatoms. The summed E-state index contributed by atoms with van der Waals surface area (Å²) in [5, 5.41) is 12.6. The number of carbonyl (C=O) groups is 1. The number of alkyl carbamates (subject to hydrolysis) is 1. The fraction of sp³-hybridized carbons (Fsp3) is 0.174. The highest BCUT2D eigenvalue weighted by atomic mass is 19.3. The number of amides is 1. The van der Waals surface area contributed by atoms with Gasteiger partial charge in [0.2, 0.25) is 5.95 Å². The molecule has 174 valence electrons. The minimum Gasteiger partial charge on any atom is -0.445 e. The summed E-state index contributed by atoms with van der Waals surface area (Å²) in [4.78, 5) is 20.2. The van der Waals surface area contributed by atoms with Crippen LogP contribution in [-0.4, -0.2) is 26.3 Å². The van der Waals surface area contributed by atoms with E-state index >= 15 is 0 Å². The van der Waals surface area contributed by atoms with E-state index in [9.17, 15) is 13.6 Å². The fourth-order valence-electron chi connectivity index (χ4n) is 2.95. The Morgan fingerprint density at radius 2 is 1.65 bits per heavy atom. The molecule has 0 bridgehead atoms. The van der Waals surface area contributed by atoms with Gasteiger partial charge in [-0.15, -0.1) is 10.2 Å². The molecule has 9 nitrogen and oxygen atoms in total. The van der Waals surface area contributed by atoms with E-state index in [1.165, 1.54) is 12.4 Å². The molecule has 0 aliphatic carbocycles. The van der Waals surface area contributed by atoms with Crippen LogP contribution in [0.25, 0.3) is 11.5 Å². The Kier molecular flexibility index (Phi) is 7.33. The second-order valence-corrected chi connectivity index (χ2v) is 7.13. The molecule has 0 saturated heterocycles. The van der Waals surface area contributed by atoms with Crippen LogP contribution < -0.4 is 10.6 Å². The molecule has 2 N–H and O–H groups in total. The van der Waals surface area contributed by atoms with E-state index in [0.29, 0.717) is 24.6 Å². The van der Waals surface area contributed by atoms with E-state index in [1.54, 1.807) is 0 Å². The van der Waals surface area contributed by atoms with E-state index < -0.39 is 18.4 Å². The molecule has 4 aromatic rings. The molecule has 0 aliphatic heterocycles. The summed E-state index contributed by atoms with van der Waals surface area (Å²) >= 11 is 0. The van der Waals surface area contributed by atoms with Gasteiger partial charge in [0.25, 0.3) is 11.8 Å². The molecule has 34 heavy (non-hydrogen) atoms. The number of aromatic nitrogens is 4. The Labute approximate surface area is 193 Å². The molecule has 0 spiro atoms. The van der Waals surface area contributed by atoms with Crippen LogP contribution in [0.2, 0.25) is 0 Å². The number of hydrogen-bond acceptors (Lipinski definition) is 8. The van der Waals surface area contributed by atoms with Gasteiger partial charge in [-0.3, -0.25) is 0 Å². The number of benzene rings is 2. The van der Waals surface area contributed by atoms with Gasteiger partial charge in [0.1, 0.15) is 6.61 Å². The Morgan fingerprint density at radius 1 is 0.941 bits per heavy atom. The maximum atomic E-state index is 12.6. The lowest BCUT2D eigenvalue weighted by Gasteiger charge is -2.09. The molecular formula is C23H20F2N6O3. The van der Waals surface area contributed by atoms with E-state index in [2.05, 4.69) is 30.8 Å². The molecule has 2 aromatic heterocycles. The van der Waals surface area contributed by atoms with E-state index in [-0.39, 0.29) is 12.5 Å². The number of hydrogen-bond donors (Lipinski definition) is 2. The van der Waals surface area contributed by atoms with Gasteiger partial charge in [-0.25, -0.2) is 14.8 Å². The summed E-state index contributed by atoms with van der Waals surface area (Å²) in [5.74, 6) is -0.495. The Hall–Kier alpha value is -4.41. The van der Waals surface area contributed by atoms with Gasteiger partial charge >= 0.3 is 12.5 Å². The third-order valence-corrected chi connectivity index (χ3v) is 4.62. The zero-order valence-electron chi connectivity index (χ0n) is 17.8. The molecule has 0 saturated carbocycles. The van der Waals surface area contributed by atoms with Crippen LogP contribution in [0, 0.1) is 0 Å². The van der Waals surface area contributed by atoms with Crippen molar-refractivity contribution in [2.45, 2.75) is 26.1 Å². The van der Waals surface area contributed by atoms with Crippen LogP contribution in [-0.2, 0) is 24.4 Å². The summed E-state index contributed by atoms with van der Waals surface area (Å²) in [6.07, 6.45) is -0.532. The third-order valence-electron chi connectivity index (χ3n) is 4.62. The normalized spacial score (nSPS) is 10.8. The summed E-state index contributed by atoms with van der Waals surface area (Å²) < 4.78 is 35.2. The maximum absolute atomic E-state index is 12.6. The van der Waals surface area contributed by atoms with Gasteiger partial charge in [0, 0.05) is 25.5 Å². The van der Waals surface area contributed by atoms with Crippen LogP contribution in [0.1, 0.15) is 29.0 Å². The SMILES string of the molecule is O=C(NCc1cccc(CNc2ncc(-c3nnc(C(F)F)o3)cn2)c1)OCc1ccccc1. The molecular weight excluding hydrogens is 446 g/mol. The first-order chi connectivity index (χ1) is 16.6. The minimum atomic E-state index is -2.84. The van der Waals surface area contributed by atoms with Gasteiger partial charge in [0.15, 0.2) is 0 Å². The first-order valence-corrected chi connectivity index (χ1v) is 10.3. The number of halogens is 2. The van der Waals surface area contributed by atoms with Crippen molar-refractivity contribution in [2.24, 2.45) is 0 Å². The summed E-state index contributed by atoms with van der Waals surface area (Å²) in [7, 11) is 0. The zero-order valence-corrected chi connectivity index (χ0v) is 17.8. The average molecular weight is 466 g/mol. The smallest absolute Gasteiger partial charge is 0.407 e. The zero-order chi connectivity index (χ0) is 23.8. The predicted molar refractivity (Wildman–Crippen MR) is 118 cm³/mol. The highest BCUT2D eigenvalue weighted by Gasteiger charge is 2.17. The fourth-order valence-corrected chi connectivity index (χ4v) is 2.95. The summed E-state index contributed by atoms with van der Waals surface area (Å²) in [6.45, 7) is 0.953. The lowest BCUT2D eigenvalue weighted by atomic mass is 10.1. The predicted octanol–water partition coefficient (Wildman–Crippen LogP) is 4.50. The topological polar surface area (TPSA) is 115 Å². The molecule has 0 atom stereocenters. The van der Waals surface area contributed by atoms with Gasteiger partial charge in [-0.2, -0.15) is 8.78 Å². The van der Waals surface area contributed by atoms with Crippen molar-refractivity contribution in [1.82, 2.24) is 25.5 Å². The van der Waals surface area contributed by atoms with Crippen molar-refractivity contribution in [3.63, 3.8) is 0 Å². The molecule has 0 unspecified atom stereocenters.